The van der Waals surface area contributed by atoms with Crippen LogP contribution in [0.1, 0.15) is 60.0 Å². The molecule has 0 spiro atoms. The number of carbonyl (C=O) groups is 1. The van der Waals surface area contributed by atoms with Crippen LogP contribution in [0.2, 0.25) is 0 Å². The third-order valence-corrected chi connectivity index (χ3v) is 6.17. The van der Waals surface area contributed by atoms with Crippen molar-refractivity contribution in [3.05, 3.63) is 65.2 Å². The number of unbranched alkanes of at least 4 members (excludes halogenated alkanes) is 2. The van der Waals surface area contributed by atoms with E-state index < -0.39 is 17.6 Å². The average Bonchev–Trinajstić information content (AvgIpc) is 2.78. The van der Waals surface area contributed by atoms with Crippen molar-refractivity contribution in [2.45, 2.75) is 44.7 Å². The molecule has 2 aromatic carbocycles. The van der Waals surface area contributed by atoms with Crippen LogP contribution in [0, 0.1) is 5.92 Å². The van der Waals surface area contributed by atoms with E-state index >= 15 is 0 Å². The van der Waals surface area contributed by atoms with E-state index in [0.29, 0.717) is 17.9 Å². The topological polar surface area (TPSA) is 55.6 Å². The van der Waals surface area contributed by atoms with Gasteiger partial charge in [-0.05, 0) is 73.8 Å². The molecule has 2 N–H and O–H groups in total. The minimum Gasteiger partial charge on any atom is -0.493 e. The summed E-state index contributed by atoms with van der Waals surface area (Å²) in [6.45, 7) is 5.49. The van der Waals surface area contributed by atoms with Crippen molar-refractivity contribution in [2.75, 3.05) is 26.2 Å². The summed E-state index contributed by atoms with van der Waals surface area (Å²) >= 11 is 0. The van der Waals surface area contributed by atoms with Gasteiger partial charge in [0.05, 0.1) is 12.2 Å². The van der Waals surface area contributed by atoms with Crippen LogP contribution in [0.4, 0.5) is 13.2 Å². The molecular formula is C25H31F3N2O2. The third kappa shape index (κ3) is 6.48. The van der Waals surface area contributed by atoms with Gasteiger partial charge < -0.3 is 15.4 Å². The van der Waals surface area contributed by atoms with Crippen LogP contribution < -0.4 is 10.5 Å². The molecule has 3 rings (SSSR count). The fourth-order valence-electron chi connectivity index (χ4n) is 4.34. The molecule has 1 aliphatic heterocycles. The summed E-state index contributed by atoms with van der Waals surface area (Å²) in [5.41, 5.74) is 6.28. The zero-order chi connectivity index (χ0) is 23.1. The number of hydrogen-bond donors (Lipinski definition) is 1. The van der Waals surface area contributed by atoms with Gasteiger partial charge in [0.1, 0.15) is 5.75 Å². The van der Waals surface area contributed by atoms with Crippen LogP contribution >= 0.6 is 0 Å². The Morgan fingerprint density at radius 3 is 2.38 bits per heavy atom. The first kappa shape index (κ1) is 24.1. The van der Waals surface area contributed by atoms with Gasteiger partial charge in [0, 0.05) is 18.0 Å². The third-order valence-electron chi connectivity index (χ3n) is 6.17. The standard InChI is InChI=1S/C25H31F3N2O2/c1-2-3-4-14-30-15-13-23(18-5-7-19(8-6-18)24(29)31)20(16-30)17-32-22-11-9-21(10-12-22)25(26,27)28/h5-12,20,23H,2-4,13-17H2,1H3,(H2,29,31). The van der Waals surface area contributed by atoms with Crippen LogP contribution in [0.3, 0.4) is 0 Å². The van der Waals surface area contributed by atoms with Gasteiger partial charge in [0.15, 0.2) is 0 Å². The summed E-state index contributed by atoms with van der Waals surface area (Å²) in [5, 5.41) is 0. The normalized spacial score (nSPS) is 19.6. The summed E-state index contributed by atoms with van der Waals surface area (Å²) in [6, 6.07) is 12.2. The number of nitrogens with zero attached hydrogens (tertiary/aromatic N) is 1. The quantitative estimate of drug-likeness (QED) is 0.517. The highest BCUT2D eigenvalue weighted by atomic mass is 19.4. The lowest BCUT2D eigenvalue weighted by Gasteiger charge is -2.39. The van der Waals surface area contributed by atoms with E-state index in [-0.39, 0.29) is 11.8 Å². The highest BCUT2D eigenvalue weighted by Crippen LogP contribution is 2.35. The molecule has 1 saturated heterocycles. The second-order valence-corrected chi connectivity index (χ2v) is 8.48. The number of hydrogen-bond acceptors (Lipinski definition) is 3. The van der Waals surface area contributed by atoms with E-state index in [4.69, 9.17) is 10.5 Å². The van der Waals surface area contributed by atoms with E-state index in [0.717, 1.165) is 50.2 Å². The molecule has 32 heavy (non-hydrogen) atoms. The minimum absolute atomic E-state index is 0.187. The number of amides is 1. The van der Waals surface area contributed by atoms with Crippen LogP contribution in [0.15, 0.2) is 48.5 Å². The Balaban J connectivity index is 1.70. The Hall–Kier alpha value is -2.54. The SMILES string of the molecule is CCCCCN1CCC(c2ccc(C(N)=O)cc2)C(COc2ccc(C(F)(F)F)cc2)C1. The number of primary amides is 1. The van der Waals surface area contributed by atoms with Crippen molar-refractivity contribution in [3.8, 4) is 5.75 Å². The van der Waals surface area contributed by atoms with Crippen molar-refractivity contribution in [1.29, 1.82) is 0 Å². The Kier molecular flexibility index (Phi) is 8.18. The molecule has 1 heterocycles. The Labute approximate surface area is 187 Å². The van der Waals surface area contributed by atoms with Crippen molar-refractivity contribution in [2.24, 2.45) is 11.7 Å². The van der Waals surface area contributed by atoms with Crippen molar-refractivity contribution < 1.29 is 22.7 Å². The molecule has 1 fully saturated rings. The number of rotatable bonds is 9. The molecule has 2 atom stereocenters. The largest absolute Gasteiger partial charge is 0.493 e. The summed E-state index contributed by atoms with van der Waals surface area (Å²) in [6.07, 6.45) is 0.122. The molecule has 0 saturated carbocycles. The van der Waals surface area contributed by atoms with Gasteiger partial charge in [-0.25, -0.2) is 0 Å². The van der Waals surface area contributed by atoms with Crippen molar-refractivity contribution in [1.82, 2.24) is 4.90 Å². The fraction of sp³-hybridized carbons (Fsp3) is 0.480. The van der Waals surface area contributed by atoms with Gasteiger partial charge in [-0.2, -0.15) is 13.2 Å². The maximum atomic E-state index is 12.8. The number of halogens is 3. The highest BCUT2D eigenvalue weighted by Gasteiger charge is 2.32. The number of alkyl halides is 3. The molecule has 0 radical (unpaired) electrons. The molecule has 1 amide bonds. The van der Waals surface area contributed by atoms with E-state index in [1.165, 1.54) is 25.0 Å². The van der Waals surface area contributed by atoms with Gasteiger partial charge in [-0.15, -0.1) is 0 Å². The summed E-state index contributed by atoms with van der Waals surface area (Å²) in [7, 11) is 0. The van der Waals surface area contributed by atoms with Gasteiger partial charge in [-0.1, -0.05) is 31.9 Å². The van der Waals surface area contributed by atoms with E-state index in [1.54, 1.807) is 12.1 Å². The van der Waals surface area contributed by atoms with E-state index in [1.807, 2.05) is 12.1 Å². The molecule has 0 bridgehead atoms. The molecule has 4 nitrogen and oxygen atoms in total. The van der Waals surface area contributed by atoms with Crippen LogP contribution in [-0.4, -0.2) is 37.0 Å². The van der Waals surface area contributed by atoms with Crippen LogP contribution in [0.5, 0.6) is 5.75 Å². The molecule has 2 unspecified atom stereocenters. The number of benzene rings is 2. The van der Waals surface area contributed by atoms with Gasteiger partial charge >= 0.3 is 6.18 Å². The first-order valence-electron chi connectivity index (χ1n) is 11.2. The molecule has 7 heteroatoms. The van der Waals surface area contributed by atoms with Crippen molar-refractivity contribution >= 4 is 5.91 Å². The number of ether oxygens (including phenoxy) is 1. The first-order valence-corrected chi connectivity index (χ1v) is 11.2. The first-order chi connectivity index (χ1) is 15.3. The second kappa shape index (κ2) is 10.9. The van der Waals surface area contributed by atoms with E-state index in [2.05, 4.69) is 11.8 Å². The zero-order valence-electron chi connectivity index (χ0n) is 18.4. The van der Waals surface area contributed by atoms with Crippen molar-refractivity contribution in [3.63, 3.8) is 0 Å². The molecule has 2 aromatic rings. The number of carbonyl (C=O) groups excluding carboxylic acids is 1. The fourth-order valence-corrected chi connectivity index (χ4v) is 4.34. The molecule has 1 aliphatic rings. The molecule has 0 aliphatic carbocycles. The predicted octanol–water partition coefficient (Wildman–Crippen LogP) is 5.48. The number of piperidine rings is 1. The van der Waals surface area contributed by atoms with Crippen LogP contribution in [-0.2, 0) is 6.18 Å². The maximum absolute atomic E-state index is 12.8. The Bertz CT molecular complexity index is 866. The summed E-state index contributed by atoms with van der Waals surface area (Å²) < 4.78 is 44.4. The lowest BCUT2D eigenvalue weighted by molar-refractivity contribution is -0.137. The Morgan fingerprint density at radius 2 is 1.78 bits per heavy atom. The summed E-state index contributed by atoms with van der Waals surface area (Å²) in [5.74, 6) is 0.411. The maximum Gasteiger partial charge on any atom is 0.416 e. The van der Waals surface area contributed by atoms with Gasteiger partial charge in [-0.3, -0.25) is 4.79 Å². The lowest BCUT2D eigenvalue weighted by Crippen LogP contribution is -2.42. The highest BCUT2D eigenvalue weighted by molar-refractivity contribution is 5.92. The Morgan fingerprint density at radius 1 is 1.09 bits per heavy atom. The molecular weight excluding hydrogens is 417 g/mol. The predicted molar refractivity (Wildman–Crippen MR) is 119 cm³/mol. The van der Waals surface area contributed by atoms with Crippen LogP contribution in [0.25, 0.3) is 0 Å². The molecule has 174 valence electrons. The second-order valence-electron chi connectivity index (χ2n) is 8.48. The minimum atomic E-state index is -4.36. The monoisotopic (exact) mass is 448 g/mol. The lowest BCUT2D eigenvalue weighted by atomic mass is 9.80. The molecule has 0 aromatic heterocycles. The zero-order valence-corrected chi connectivity index (χ0v) is 18.4. The summed E-state index contributed by atoms with van der Waals surface area (Å²) in [4.78, 5) is 13.8. The van der Waals surface area contributed by atoms with Gasteiger partial charge in [0.25, 0.3) is 0 Å². The van der Waals surface area contributed by atoms with E-state index in [9.17, 15) is 18.0 Å². The van der Waals surface area contributed by atoms with Gasteiger partial charge in [0.2, 0.25) is 5.91 Å². The smallest absolute Gasteiger partial charge is 0.416 e. The average molecular weight is 449 g/mol. The number of nitrogens with two attached hydrogens (primary N) is 1. The number of likely N-dealkylation sites (tertiary alicyclic amines) is 1.